The van der Waals surface area contributed by atoms with Gasteiger partial charge in [0.2, 0.25) is 0 Å². The Kier molecular flexibility index (Phi) is 2.31. The Morgan fingerprint density at radius 1 is 1.64 bits per heavy atom. The van der Waals surface area contributed by atoms with Gasteiger partial charge < -0.3 is 15.3 Å². The third kappa shape index (κ3) is 1.32. The number of hydrogen-bond acceptors (Lipinski definition) is 2. The lowest BCUT2D eigenvalue weighted by Crippen LogP contribution is -2.04. The van der Waals surface area contributed by atoms with Crippen LogP contribution in [0.4, 0.5) is 0 Å². The maximum atomic E-state index is 6.12. The summed E-state index contributed by atoms with van der Waals surface area (Å²) in [5.41, 5.74) is 7.29. The predicted octanol–water partition coefficient (Wildman–Crippen LogP) is 1.53. The van der Waals surface area contributed by atoms with Crippen molar-refractivity contribution in [2.45, 2.75) is 6.54 Å². The Morgan fingerprint density at radius 2 is 2.43 bits per heavy atom. The highest BCUT2D eigenvalue weighted by Gasteiger charge is 2.13. The SMILES string of the molecule is Cn1c(CN)nc(-c2cc[nH]c2)c1Cl. The molecule has 4 nitrogen and oxygen atoms in total. The molecule has 2 aromatic heterocycles. The topological polar surface area (TPSA) is 59.6 Å². The van der Waals surface area contributed by atoms with Crippen LogP contribution in [0.1, 0.15) is 5.82 Å². The van der Waals surface area contributed by atoms with Crippen molar-refractivity contribution in [3.63, 3.8) is 0 Å². The van der Waals surface area contributed by atoms with Crippen molar-refractivity contribution in [1.82, 2.24) is 14.5 Å². The number of H-pyrrole nitrogens is 1. The normalized spacial score (nSPS) is 10.8. The average Bonchev–Trinajstić information content (AvgIpc) is 2.78. The van der Waals surface area contributed by atoms with Crippen molar-refractivity contribution < 1.29 is 0 Å². The van der Waals surface area contributed by atoms with Crippen molar-refractivity contribution in [2.75, 3.05) is 0 Å². The van der Waals surface area contributed by atoms with Crippen molar-refractivity contribution in [1.29, 1.82) is 0 Å². The molecule has 0 aliphatic heterocycles. The van der Waals surface area contributed by atoms with E-state index < -0.39 is 0 Å². The molecule has 0 aromatic carbocycles. The van der Waals surface area contributed by atoms with E-state index >= 15 is 0 Å². The fourth-order valence-electron chi connectivity index (χ4n) is 1.36. The molecule has 3 N–H and O–H groups in total. The maximum absolute atomic E-state index is 6.12. The molecule has 74 valence electrons. The summed E-state index contributed by atoms with van der Waals surface area (Å²) in [6, 6.07) is 1.93. The zero-order chi connectivity index (χ0) is 10.1. The van der Waals surface area contributed by atoms with Crippen LogP contribution in [-0.4, -0.2) is 14.5 Å². The van der Waals surface area contributed by atoms with Crippen LogP contribution >= 0.6 is 11.6 Å². The van der Waals surface area contributed by atoms with E-state index in [0.717, 1.165) is 17.1 Å². The minimum absolute atomic E-state index is 0.390. The van der Waals surface area contributed by atoms with E-state index in [1.807, 2.05) is 25.5 Å². The van der Waals surface area contributed by atoms with Gasteiger partial charge in [-0.3, -0.25) is 0 Å². The Bertz CT molecular complexity index is 430. The largest absolute Gasteiger partial charge is 0.367 e. The zero-order valence-corrected chi connectivity index (χ0v) is 8.54. The predicted molar refractivity (Wildman–Crippen MR) is 55.9 cm³/mol. The summed E-state index contributed by atoms with van der Waals surface area (Å²) < 4.78 is 1.80. The van der Waals surface area contributed by atoms with Crippen molar-refractivity contribution in [3.8, 4) is 11.3 Å². The van der Waals surface area contributed by atoms with E-state index in [-0.39, 0.29) is 0 Å². The summed E-state index contributed by atoms with van der Waals surface area (Å²) in [5.74, 6) is 0.784. The highest BCUT2D eigenvalue weighted by Crippen LogP contribution is 2.26. The highest BCUT2D eigenvalue weighted by atomic mass is 35.5. The van der Waals surface area contributed by atoms with Gasteiger partial charge in [0, 0.05) is 25.0 Å². The first kappa shape index (κ1) is 9.30. The van der Waals surface area contributed by atoms with E-state index in [9.17, 15) is 0 Å². The molecule has 0 aliphatic rings. The molecule has 0 saturated heterocycles. The van der Waals surface area contributed by atoms with E-state index in [2.05, 4.69) is 9.97 Å². The van der Waals surface area contributed by atoms with Crippen molar-refractivity contribution >= 4 is 11.6 Å². The first-order valence-electron chi connectivity index (χ1n) is 4.28. The van der Waals surface area contributed by atoms with Crippen LogP contribution in [0, 0.1) is 0 Å². The first-order chi connectivity index (χ1) is 6.74. The van der Waals surface area contributed by atoms with Crippen LogP contribution in [0.25, 0.3) is 11.3 Å². The molecular formula is C9H11ClN4. The minimum Gasteiger partial charge on any atom is -0.367 e. The molecule has 0 bridgehead atoms. The number of nitrogens with zero attached hydrogens (tertiary/aromatic N) is 2. The zero-order valence-electron chi connectivity index (χ0n) is 7.79. The minimum atomic E-state index is 0.390. The van der Waals surface area contributed by atoms with Gasteiger partial charge in [-0.15, -0.1) is 0 Å². The summed E-state index contributed by atoms with van der Waals surface area (Å²) in [6.45, 7) is 0.390. The fraction of sp³-hybridized carbons (Fsp3) is 0.222. The van der Waals surface area contributed by atoms with E-state index in [4.69, 9.17) is 17.3 Å². The molecule has 0 spiro atoms. The number of halogens is 1. The molecular weight excluding hydrogens is 200 g/mol. The van der Waals surface area contributed by atoms with Gasteiger partial charge in [0.25, 0.3) is 0 Å². The number of nitrogens with two attached hydrogens (primary N) is 1. The Balaban J connectivity index is 2.55. The Morgan fingerprint density at radius 3 is 2.93 bits per heavy atom. The Hall–Kier alpha value is -1.26. The molecule has 2 rings (SSSR count). The average molecular weight is 211 g/mol. The van der Waals surface area contributed by atoms with Gasteiger partial charge in [-0.2, -0.15) is 0 Å². The van der Waals surface area contributed by atoms with Gasteiger partial charge in [-0.05, 0) is 6.07 Å². The van der Waals surface area contributed by atoms with Crippen LogP contribution in [0.3, 0.4) is 0 Å². The molecule has 0 aliphatic carbocycles. The molecule has 2 aromatic rings. The van der Waals surface area contributed by atoms with Crippen LogP contribution in [0.15, 0.2) is 18.5 Å². The maximum Gasteiger partial charge on any atom is 0.136 e. The van der Waals surface area contributed by atoms with Gasteiger partial charge in [-0.1, -0.05) is 11.6 Å². The molecule has 14 heavy (non-hydrogen) atoms. The van der Waals surface area contributed by atoms with Gasteiger partial charge in [0.1, 0.15) is 16.7 Å². The second-order valence-electron chi connectivity index (χ2n) is 3.03. The van der Waals surface area contributed by atoms with Gasteiger partial charge in [-0.25, -0.2) is 4.98 Å². The number of imidazole rings is 1. The molecule has 0 atom stereocenters. The van der Waals surface area contributed by atoms with E-state index in [1.54, 1.807) is 4.57 Å². The van der Waals surface area contributed by atoms with Crippen LogP contribution in [0.2, 0.25) is 5.15 Å². The molecule has 0 fully saturated rings. The number of rotatable bonds is 2. The first-order valence-corrected chi connectivity index (χ1v) is 4.66. The van der Waals surface area contributed by atoms with E-state index in [0.29, 0.717) is 11.7 Å². The van der Waals surface area contributed by atoms with E-state index in [1.165, 1.54) is 0 Å². The summed E-state index contributed by atoms with van der Waals surface area (Å²) in [7, 11) is 1.85. The number of aromatic nitrogens is 3. The Labute approximate surface area is 86.7 Å². The molecule has 0 unspecified atom stereocenters. The number of nitrogens with one attached hydrogen (secondary N) is 1. The highest BCUT2D eigenvalue weighted by molar-refractivity contribution is 6.32. The second-order valence-corrected chi connectivity index (χ2v) is 3.39. The van der Waals surface area contributed by atoms with Crippen LogP contribution in [0.5, 0.6) is 0 Å². The summed E-state index contributed by atoms with van der Waals surface area (Å²) >= 11 is 6.12. The lowest BCUT2D eigenvalue weighted by Gasteiger charge is -1.96. The third-order valence-electron chi connectivity index (χ3n) is 2.17. The number of aromatic amines is 1. The molecule has 0 amide bonds. The molecule has 0 radical (unpaired) electrons. The molecule has 0 saturated carbocycles. The second kappa shape index (κ2) is 3.48. The van der Waals surface area contributed by atoms with Crippen LogP contribution in [-0.2, 0) is 13.6 Å². The van der Waals surface area contributed by atoms with Crippen molar-refractivity contribution in [2.24, 2.45) is 12.8 Å². The summed E-state index contributed by atoms with van der Waals surface area (Å²) in [6.07, 6.45) is 3.69. The number of hydrogen-bond donors (Lipinski definition) is 2. The summed E-state index contributed by atoms with van der Waals surface area (Å²) in [5, 5.41) is 0.616. The monoisotopic (exact) mass is 210 g/mol. The van der Waals surface area contributed by atoms with Gasteiger partial charge in [0.05, 0.1) is 6.54 Å². The molecule has 5 heteroatoms. The third-order valence-corrected chi connectivity index (χ3v) is 2.60. The lowest BCUT2D eigenvalue weighted by atomic mass is 10.3. The van der Waals surface area contributed by atoms with Gasteiger partial charge >= 0.3 is 0 Å². The van der Waals surface area contributed by atoms with Crippen LogP contribution < -0.4 is 5.73 Å². The lowest BCUT2D eigenvalue weighted by molar-refractivity contribution is 0.794. The van der Waals surface area contributed by atoms with Gasteiger partial charge in [0.15, 0.2) is 0 Å². The molecule has 2 heterocycles. The fourth-order valence-corrected chi connectivity index (χ4v) is 1.61. The quantitative estimate of drug-likeness (QED) is 0.790. The van der Waals surface area contributed by atoms with Crippen molar-refractivity contribution in [3.05, 3.63) is 29.4 Å². The standard InChI is InChI=1S/C9H11ClN4/c1-14-7(4-11)13-8(9(14)10)6-2-3-12-5-6/h2-3,5,12H,4,11H2,1H3. The summed E-state index contributed by atoms with van der Waals surface area (Å²) in [4.78, 5) is 7.32. The smallest absolute Gasteiger partial charge is 0.136 e.